The summed E-state index contributed by atoms with van der Waals surface area (Å²) in [7, 11) is 0. The third-order valence-corrected chi connectivity index (χ3v) is 10.7. The van der Waals surface area contributed by atoms with Gasteiger partial charge in [0.1, 0.15) is 22.2 Å². The standard InChI is InChI=1S/C33H33F2N7O4S/c1-33(2,3)46-32(43)40-30-19(6-36)25-28(37-8-23(34)29(25)47-30)24-22-15-45-14-21(22)20-7-38-31(39-27(20)26(24)35)41-5-4-18(11-41)42-9-16-12-44-13-17(16)10-42/h7-8,16-18H,4-5,9-15H2,1-3H3,(H,40,43)/t16-,17+,18-/m1/s1. The fraction of sp³-hybridized carbons (Fsp3) is 0.485. The molecule has 0 saturated carbocycles. The number of hydrogen-bond donors (Lipinski definition) is 1. The van der Waals surface area contributed by atoms with Gasteiger partial charge in [0.25, 0.3) is 0 Å². The van der Waals surface area contributed by atoms with Crippen LogP contribution in [0, 0.1) is 34.8 Å². The summed E-state index contributed by atoms with van der Waals surface area (Å²) in [5, 5.41) is 13.5. The van der Waals surface area contributed by atoms with Crippen molar-refractivity contribution in [2.24, 2.45) is 11.8 Å². The third kappa shape index (κ3) is 5.16. The number of halogens is 2. The summed E-state index contributed by atoms with van der Waals surface area (Å²) in [6.45, 7) is 10.7. The first-order valence-corrected chi connectivity index (χ1v) is 16.6. The van der Waals surface area contributed by atoms with Crippen LogP contribution < -0.4 is 10.2 Å². The van der Waals surface area contributed by atoms with Gasteiger partial charge in [0.2, 0.25) is 5.95 Å². The van der Waals surface area contributed by atoms with Crippen molar-refractivity contribution >= 4 is 49.4 Å². The molecule has 244 valence electrons. The Hall–Kier alpha value is -4.03. The van der Waals surface area contributed by atoms with Gasteiger partial charge in [0, 0.05) is 66.6 Å². The van der Waals surface area contributed by atoms with Gasteiger partial charge in [0.15, 0.2) is 11.6 Å². The average molecular weight is 662 g/mol. The van der Waals surface area contributed by atoms with Gasteiger partial charge in [-0.3, -0.25) is 15.2 Å². The number of fused-ring (bicyclic) bond motifs is 5. The smallest absolute Gasteiger partial charge is 0.412 e. The molecule has 4 aromatic rings. The molecule has 3 saturated heterocycles. The molecule has 7 heterocycles. The number of amides is 1. The highest BCUT2D eigenvalue weighted by Crippen LogP contribution is 2.46. The molecule has 4 aliphatic rings. The molecule has 11 nitrogen and oxygen atoms in total. The lowest BCUT2D eigenvalue weighted by Gasteiger charge is -2.25. The predicted octanol–water partition coefficient (Wildman–Crippen LogP) is 5.59. The summed E-state index contributed by atoms with van der Waals surface area (Å²) in [5.74, 6) is 0.296. The second-order valence-electron chi connectivity index (χ2n) is 13.7. The molecule has 1 aromatic carbocycles. The van der Waals surface area contributed by atoms with E-state index in [2.05, 4.69) is 31.2 Å². The van der Waals surface area contributed by atoms with E-state index < -0.39 is 23.3 Å². The number of ether oxygens (including phenoxy) is 3. The van der Waals surface area contributed by atoms with Gasteiger partial charge in [-0.15, -0.1) is 11.3 Å². The number of nitrogens with zero attached hydrogens (tertiary/aromatic N) is 6. The Morgan fingerprint density at radius 3 is 2.62 bits per heavy atom. The van der Waals surface area contributed by atoms with Crippen LogP contribution in [-0.2, 0) is 27.4 Å². The average Bonchev–Trinajstić information content (AvgIpc) is 3.85. The second kappa shape index (κ2) is 11.3. The molecule has 14 heteroatoms. The number of pyridine rings is 1. The molecule has 0 bridgehead atoms. The lowest BCUT2D eigenvalue weighted by molar-refractivity contribution is 0.0636. The highest BCUT2D eigenvalue weighted by Gasteiger charge is 2.41. The summed E-state index contributed by atoms with van der Waals surface area (Å²) in [6, 6.07) is 2.44. The van der Waals surface area contributed by atoms with Crippen LogP contribution in [0.4, 0.5) is 24.5 Å². The minimum Gasteiger partial charge on any atom is -0.444 e. The first kappa shape index (κ1) is 30.3. The number of thiophene rings is 1. The number of rotatable bonds is 4. The molecular formula is C33H33F2N7O4S. The molecule has 8 rings (SSSR count). The van der Waals surface area contributed by atoms with Gasteiger partial charge >= 0.3 is 6.09 Å². The van der Waals surface area contributed by atoms with Gasteiger partial charge in [0.05, 0.1) is 48.6 Å². The predicted molar refractivity (Wildman–Crippen MR) is 171 cm³/mol. The van der Waals surface area contributed by atoms with Crippen LogP contribution in [0.5, 0.6) is 0 Å². The van der Waals surface area contributed by atoms with Crippen LogP contribution in [-0.4, -0.2) is 77.0 Å². The number of benzene rings is 1. The lowest BCUT2D eigenvalue weighted by atomic mass is 9.94. The van der Waals surface area contributed by atoms with E-state index in [9.17, 15) is 10.1 Å². The number of carbonyl (C=O) groups excluding carboxylic acids is 1. The Morgan fingerprint density at radius 2 is 1.87 bits per heavy atom. The largest absolute Gasteiger partial charge is 0.444 e. The number of anilines is 2. The van der Waals surface area contributed by atoms with E-state index in [-0.39, 0.29) is 50.6 Å². The number of nitrogens with one attached hydrogen (secondary N) is 1. The molecule has 0 aliphatic carbocycles. The van der Waals surface area contributed by atoms with Crippen LogP contribution in [0.15, 0.2) is 12.4 Å². The van der Waals surface area contributed by atoms with Gasteiger partial charge in [-0.1, -0.05) is 0 Å². The van der Waals surface area contributed by atoms with Gasteiger partial charge < -0.3 is 19.1 Å². The fourth-order valence-corrected chi connectivity index (χ4v) is 8.44. The Labute approximate surface area is 273 Å². The summed E-state index contributed by atoms with van der Waals surface area (Å²) in [5.41, 5.74) is 0.751. The van der Waals surface area contributed by atoms with Gasteiger partial charge in [-0.25, -0.2) is 23.5 Å². The third-order valence-electron chi connectivity index (χ3n) is 9.55. The first-order chi connectivity index (χ1) is 22.6. The summed E-state index contributed by atoms with van der Waals surface area (Å²) < 4.78 is 49.0. The minimum absolute atomic E-state index is 0.0332. The number of aromatic nitrogens is 3. The zero-order valence-corrected chi connectivity index (χ0v) is 27.0. The molecule has 0 radical (unpaired) electrons. The number of hydrogen-bond acceptors (Lipinski definition) is 11. The van der Waals surface area contributed by atoms with Crippen LogP contribution in [0.2, 0.25) is 0 Å². The molecule has 0 spiro atoms. The van der Waals surface area contributed by atoms with Crippen LogP contribution in [0.25, 0.3) is 32.2 Å². The van der Waals surface area contributed by atoms with Crippen molar-refractivity contribution in [2.75, 3.05) is 49.6 Å². The highest BCUT2D eigenvalue weighted by atomic mass is 32.1. The molecule has 47 heavy (non-hydrogen) atoms. The molecule has 3 aromatic heterocycles. The second-order valence-corrected chi connectivity index (χ2v) is 14.7. The maximum atomic E-state index is 16.9. The van der Waals surface area contributed by atoms with Crippen LogP contribution in [0.3, 0.4) is 0 Å². The van der Waals surface area contributed by atoms with Crippen LogP contribution >= 0.6 is 11.3 Å². The maximum absolute atomic E-state index is 16.9. The van der Waals surface area contributed by atoms with Crippen molar-refractivity contribution in [3.8, 4) is 17.3 Å². The van der Waals surface area contributed by atoms with Crippen molar-refractivity contribution in [1.29, 1.82) is 5.26 Å². The van der Waals surface area contributed by atoms with E-state index in [1.807, 2.05) is 0 Å². The zero-order valence-electron chi connectivity index (χ0n) is 26.2. The van der Waals surface area contributed by atoms with Crippen LogP contribution in [0.1, 0.15) is 43.9 Å². The van der Waals surface area contributed by atoms with Gasteiger partial charge in [-0.05, 0) is 38.3 Å². The molecule has 1 N–H and O–H groups in total. The number of nitriles is 1. The first-order valence-electron chi connectivity index (χ1n) is 15.8. The minimum atomic E-state index is -0.795. The van der Waals surface area contributed by atoms with Gasteiger partial charge in [-0.2, -0.15) is 5.26 Å². The van der Waals surface area contributed by atoms with E-state index in [1.165, 1.54) is 0 Å². The van der Waals surface area contributed by atoms with E-state index >= 15 is 8.78 Å². The molecule has 3 fully saturated rings. The summed E-state index contributed by atoms with van der Waals surface area (Å²) >= 11 is 0.870. The van der Waals surface area contributed by atoms with Crippen molar-refractivity contribution in [2.45, 2.75) is 52.0 Å². The summed E-state index contributed by atoms with van der Waals surface area (Å²) in [6.07, 6.45) is 2.84. The topological polar surface area (TPSA) is 126 Å². The highest BCUT2D eigenvalue weighted by molar-refractivity contribution is 7.23. The van der Waals surface area contributed by atoms with E-state index in [0.717, 1.165) is 68.9 Å². The quantitative estimate of drug-likeness (QED) is 0.296. The molecular weight excluding hydrogens is 628 g/mol. The number of carbonyl (C=O) groups is 1. The zero-order chi connectivity index (χ0) is 32.6. The monoisotopic (exact) mass is 661 g/mol. The van der Waals surface area contributed by atoms with E-state index in [0.29, 0.717) is 34.8 Å². The molecule has 3 atom stereocenters. The Kier molecular flexibility index (Phi) is 7.29. The fourth-order valence-electron chi connectivity index (χ4n) is 7.40. The van der Waals surface area contributed by atoms with E-state index in [1.54, 1.807) is 27.0 Å². The maximum Gasteiger partial charge on any atom is 0.412 e. The molecule has 4 aliphatic heterocycles. The lowest BCUT2D eigenvalue weighted by Crippen LogP contribution is -2.37. The van der Waals surface area contributed by atoms with Crippen molar-refractivity contribution in [1.82, 2.24) is 19.9 Å². The Balaban J connectivity index is 1.19. The van der Waals surface area contributed by atoms with Crippen molar-refractivity contribution < 1.29 is 27.8 Å². The summed E-state index contributed by atoms with van der Waals surface area (Å²) in [4.78, 5) is 31.0. The van der Waals surface area contributed by atoms with Crippen molar-refractivity contribution in [3.63, 3.8) is 0 Å². The molecule has 0 unspecified atom stereocenters. The van der Waals surface area contributed by atoms with Crippen molar-refractivity contribution in [3.05, 3.63) is 40.7 Å². The Morgan fingerprint density at radius 1 is 1.11 bits per heavy atom. The molecule has 1 amide bonds. The Bertz CT molecular complexity index is 1980. The van der Waals surface area contributed by atoms with E-state index in [4.69, 9.17) is 19.2 Å². The normalized spacial score (nSPS) is 22.6. The SMILES string of the molecule is CC(C)(C)OC(=O)Nc1sc2c(F)cnc(-c3c4c(c5cnc(N6CC[C@@H](N7C[C@H]8COC[C@H]8C7)C6)nc5c3F)COC4)c2c1C#N. The number of likely N-dealkylation sites (tertiary alicyclic amines) is 1.